The molecule has 0 aliphatic carbocycles. The van der Waals surface area contributed by atoms with E-state index in [9.17, 15) is 5.11 Å². The molecule has 0 fully saturated rings. The van der Waals surface area contributed by atoms with Crippen LogP contribution in [0.4, 0.5) is 0 Å². The van der Waals surface area contributed by atoms with Crippen LogP contribution in [0, 0.1) is 17.8 Å². The van der Waals surface area contributed by atoms with Gasteiger partial charge < -0.3 is 44.8 Å². The fraction of sp³-hybridized carbons (Fsp3) is 0.880. The van der Waals surface area contributed by atoms with Crippen LogP contribution in [-0.4, -0.2) is 130 Å². The fourth-order valence-electron chi connectivity index (χ4n) is 2.74. The van der Waals surface area contributed by atoms with Crippen molar-refractivity contribution >= 4 is 17.7 Å². The van der Waals surface area contributed by atoms with E-state index in [-0.39, 0.29) is 91.5 Å². The van der Waals surface area contributed by atoms with Gasteiger partial charge in [0.15, 0.2) is 17.7 Å². The summed E-state index contributed by atoms with van der Waals surface area (Å²) >= 11 is 0. The third-order valence-corrected chi connectivity index (χ3v) is 4.91. The largest absolute Gasteiger partial charge is 1.00 e. The zero-order valence-corrected chi connectivity index (χ0v) is 29.5. The van der Waals surface area contributed by atoms with E-state index in [1.54, 1.807) is 21.3 Å². The second-order valence-electron chi connectivity index (χ2n) is 8.31. The van der Waals surface area contributed by atoms with Crippen LogP contribution in [-0.2, 0) is 33.2 Å². The Balaban J connectivity index is -0.000000218. The van der Waals surface area contributed by atoms with Crippen LogP contribution in [0.5, 0.6) is 0 Å². The molecule has 0 saturated carbocycles. The van der Waals surface area contributed by atoms with Crippen LogP contribution in [0.15, 0.2) is 15.0 Å². The zero-order valence-electron chi connectivity index (χ0n) is 26.5. The molecule has 3 rings (SSSR count). The summed E-state index contributed by atoms with van der Waals surface area (Å²) in [5.74, 6) is 2.49. The molecule has 0 amide bonds. The van der Waals surface area contributed by atoms with Crippen LogP contribution in [0.3, 0.4) is 0 Å². The number of rotatable bonds is 13. The molecule has 220 valence electrons. The van der Waals surface area contributed by atoms with E-state index in [0.717, 1.165) is 32.1 Å². The normalized spacial score (nSPS) is 17.1. The van der Waals surface area contributed by atoms with Crippen molar-refractivity contribution in [2.45, 2.75) is 20.8 Å². The van der Waals surface area contributed by atoms with Crippen molar-refractivity contribution in [3.8, 4) is 0 Å². The molecule has 0 aromatic carbocycles. The van der Waals surface area contributed by atoms with Gasteiger partial charge >= 0.3 is 59.1 Å². The smallest absolute Gasteiger partial charge is 1.00 e. The van der Waals surface area contributed by atoms with Gasteiger partial charge in [0.2, 0.25) is 0 Å². The molecule has 3 atom stereocenters. The number of hydrogen-bond donors (Lipinski definition) is 1. The second-order valence-corrected chi connectivity index (χ2v) is 8.31. The minimum atomic E-state index is -0.126. The summed E-state index contributed by atoms with van der Waals surface area (Å²) < 4.78 is 35.0. The average molecular weight is 582 g/mol. The molecule has 0 saturated heterocycles. The Morgan fingerprint density at radius 2 is 1.10 bits per heavy atom. The molecule has 1 N–H and O–H groups in total. The molecule has 3 unspecified atom stereocenters. The Hall–Kier alpha value is 0.170. The van der Waals surface area contributed by atoms with Gasteiger partial charge in [-0.3, -0.25) is 15.0 Å². The molecule has 0 aromatic heterocycles. The molecule has 3 heterocycles. The van der Waals surface area contributed by atoms with Crippen molar-refractivity contribution in [3.63, 3.8) is 0 Å². The summed E-state index contributed by atoms with van der Waals surface area (Å²) in [6.07, 6.45) is 0. The molecule has 39 heavy (non-hydrogen) atoms. The first-order valence-electron chi connectivity index (χ1n) is 12.7. The van der Waals surface area contributed by atoms with Crippen LogP contribution in [0.25, 0.3) is 0 Å². The molecule has 0 spiro atoms. The zero-order chi connectivity index (χ0) is 27.7. The maximum atomic E-state index is 10.3. The summed E-state index contributed by atoms with van der Waals surface area (Å²) in [6.45, 7) is 13.4. The van der Waals surface area contributed by atoms with E-state index >= 15 is 0 Å². The van der Waals surface area contributed by atoms with Crippen molar-refractivity contribution in [1.29, 1.82) is 0 Å². The number of nitrogens with zero attached hydrogens (tertiary/aromatic N) is 3. The average Bonchev–Trinajstić information content (AvgIpc) is 3.73. The summed E-state index contributed by atoms with van der Waals surface area (Å²) in [4.78, 5) is 12.3. The van der Waals surface area contributed by atoms with Crippen molar-refractivity contribution in [2.75, 3.05) is 107 Å². The Bertz CT molecular complexity index is 617. The van der Waals surface area contributed by atoms with Crippen molar-refractivity contribution in [2.24, 2.45) is 32.7 Å². The molecular formula is C25H49N3Na2O9. The van der Waals surface area contributed by atoms with E-state index in [1.807, 2.05) is 13.8 Å². The molecule has 0 bridgehead atoms. The first-order valence-corrected chi connectivity index (χ1v) is 12.7. The molecule has 0 aromatic rings. The maximum absolute atomic E-state index is 10.3. The quantitative estimate of drug-likeness (QED) is 0.166. The molecule has 14 heteroatoms. The van der Waals surface area contributed by atoms with Crippen LogP contribution >= 0.6 is 0 Å². The predicted octanol–water partition coefficient (Wildman–Crippen LogP) is -5.43. The van der Waals surface area contributed by atoms with E-state index in [1.165, 1.54) is 0 Å². The van der Waals surface area contributed by atoms with E-state index < -0.39 is 0 Å². The fourth-order valence-corrected chi connectivity index (χ4v) is 2.74. The molecule has 12 nitrogen and oxygen atoms in total. The van der Waals surface area contributed by atoms with E-state index in [2.05, 4.69) is 31.4 Å². The van der Waals surface area contributed by atoms with Gasteiger partial charge in [0, 0.05) is 27.2 Å². The van der Waals surface area contributed by atoms with Crippen molar-refractivity contribution < 1.29 is 104 Å². The summed E-state index contributed by atoms with van der Waals surface area (Å²) in [5.41, 5.74) is 0. The number of aliphatic hydroxyl groups excluding tert-OH is 1. The second kappa shape index (κ2) is 31.1. The van der Waals surface area contributed by atoms with Crippen molar-refractivity contribution in [3.05, 3.63) is 0 Å². The topological polar surface area (TPSA) is 145 Å². The molecular weight excluding hydrogens is 532 g/mol. The van der Waals surface area contributed by atoms with Gasteiger partial charge in [-0.1, -0.05) is 20.8 Å². The number of methoxy groups -OCH3 is 3. The maximum Gasteiger partial charge on any atom is 1.00 e. The number of aliphatic hydroxyl groups is 1. The van der Waals surface area contributed by atoms with Gasteiger partial charge in [-0.25, -0.2) is 0 Å². The Morgan fingerprint density at radius 3 is 1.44 bits per heavy atom. The predicted molar refractivity (Wildman–Crippen MR) is 142 cm³/mol. The van der Waals surface area contributed by atoms with Gasteiger partial charge in [-0.05, 0) is 0 Å². The van der Waals surface area contributed by atoms with Gasteiger partial charge in [-0.2, -0.15) is 0 Å². The van der Waals surface area contributed by atoms with Gasteiger partial charge in [0.05, 0.1) is 71.1 Å². The first kappa shape index (κ1) is 43.6. The number of hydrogen-bond acceptors (Lipinski definition) is 12. The SMILES string of the molecule is CC(CO)C1=NCCO1.CC(C[O-])C1=NCCO1.COCCOC.COCCOCC(C)C1=NCCO1.[H-].[Na+].[Na+]. The Kier molecular flexibility index (Phi) is 34.8. The Labute approximate surface area is 280 Å². The van der Waals surface area contributed by atoms with E-state index in [4.69, 9.17) is 28.8 Å². The van der Waals surface area contributed by atoms with Gasteiger partial charge in [0.1, 0.15) is 19.8 Å². The third kappa shape index (κ3) is 23.4. The third-order valence-electron chi connectivity index (χ3n) is 4.91. The first-order chi connectivity index (χ1) is 17.9. The van der Waals surface area contributed by atoms with Crippen LogP contribution < -0.4 is 64.2 Å². The standard InChI is InChI=1S/C9H17NO3.C6H11NO2.C6H10NO2.C4H10O2.2Na.H/c1-8(7-12-6-5-11-2)9-10-3-4-13-9;2*1-5(4-8)6-7-2-3-9-6;1-5-3-4-6-2;;;/h8H,3-7H2,1-2H3;5,8H,2-4H2,1H3;5H,2-4H2,1H3;3-4H2,1-2H3;;;/q;;-1;;2*+1;-1. The van der Waals surface area contributed by atoms with E-state index in [0.29, 0.717) is 58.0 Å². The molecule has 3 aliphatic rings. The van der Waals surface area contributed by atoms with Gasteiger partial charge in [-0.15, -0.1) is 6.61 Å². The van der Waals surface area contributed by atoms with Crippen molar-refractivity contribution in [1.82, 2.24) is 0 Å². The van der Waals surface area contributed by atoms with Crippen LogP contribution in [0.2, 0.25) is 0 Å². The van der Waals surface area contributed by atoms with Crippen LogP contribution in [0.1, 0.15) is 22.2 Å². The molecule has 3 aliphatic heterocycles. The summed E-state index contributed by atoms with van der Waals surface area (Å²) in [5, 5.41) is 18.9. The molecule has 0 radical (unpaired) electrons. The summed E-state index contributed by atoms with van der Waals surface area (Å²) in [7, 11) is 4.97. The monoisotopic (exact) mass is 581 g/mol. The number of ether oxygens (including phenoxy) is 7. The summed E-state index contributed by atoms with van der Waals surface area (Å²) in [6, 6.07) is 0. The Morgan fingerprint density at radius 1 is 0.718 bits per heavy atom. The minimum absolute atomic E-state index is 0. The van der Waals surface area contributed by atoms with Gasteiger partial charge in [0.25, 0.3) is 0 Å². The number of aliphatic imine (C=N–C) groups is 3. The minimum Gasteiger partial charge on any atom is -1.00 e.